The Kier molecular flexibility index (Phi) is 5.29. The molecule has 26 heavy (non-hydrogen) atoms. The van der Waals surface area contributed by atoms with Crippen LogP contribution in [-0.2, 0) is 16.3 Å². The molecule has 0 aromatic heterocycles. The van der Waals surface area contributed by atoms with Crippen molar-refractivity contribution in [3.8, 4) is 0 Å². The molecule has 3 rings (SSSR count). The van der Waals surface area contributed by atoms with Crippen LogP contribution in [-0.4, -0.2) is 55.2 Å². The average molecular weight is 374 g/mol. The second kappa shape index (κ2) is 7.47. The number of aliphatic hydroxyl groups excluding tert-OH is 1. The lowest BCUT2D eigenvalue weighted by atomic mass is 10.0. The van der Waals surface area contributed by atoms with Gasteiger partial charge in [-0.3, -0.25) is 0 Å². The molecule has 6 nitrogen and oxygen atoms in total. The molecule has 0 saturated carbocycles. The van der Waals surface area contributed by atoms with E-state index in [0.717, 1.165) is 11.1 Å². The maximum Gasteiger partial charge on any atom is 0.321 e. The highest BCUT2D eigenvalue weighted by molar-refractivity contribution is 7.91. The molecule has 1 aliphatic heterocycles. The van der Waals surface area contributed by atoms with E-state index in [1.54, 1.807) is 0 Å². The van der Waals surface area contributed by atoms with Gasteiger partial charge in [0.1, 0.15) is 0 Å². The third-order valence-corrected chi connectivity index (χ3v) is 6.31. The van der Waals surface area contributed by atoms with E-state index in [1.807, 2.05) is 54.6 Å². The summed E-state index contributed by atoms with van der Waals surface area (Å²) in [7, 11) is -1.81. The van der Waals surface area contributed by atoms with Crippen LogP contribution in [0.2, 0.25) is 0 Å². The van der Waals surface area contributed by atoms with E-state index >= 15 is 0 Å². The SMILES string of the molecule is CN(C(=O)Nc1ccccc1Cc1ccccc1)[C@@H]1CS(=O)(=O)C[C@H]1O. The van der Waals surface area contributed by atoms with Gasteiger partial charge in [0.25, 0.3) is 0 Å². The summed E-state index contributed by atoms with van der Waals surface area (Å²) in [6, 6.07) is 16.2. The Morgan fingerprint density at radius 3 is 2.42 bits per heavy atom. The standard InChI is InChI=1S/C19H22N2O4S/c1-21(17-12-26(24,25)13-18(17)22)19(23)20-16-10-6-5-9-15(16)11-14-7-3-2-4-8-14/h2-10,17-18,22H,11-13H2,1H3,(H,20,23)/t17-,18-/m1/s1. The first-order chi connectivity index (χ1) is 12.4. The lowest BCUT2D eigenvalue weighted by Crippen LogP contribution is -2.46. The molecule has 2 atom stereocenters. The molecule has 2 aromatic rings. The molecular weight excluding hydrogens is 352 g/mol. The molecule has 1 heterocycles. The van der Waals surface area contributed by atoms with Crippen molar-refractivity contribution in [1.82, 2.24) is 4.90 Å². The van der Waals surface area contributed by atoms with E-state index in [-0.39, 0.29) is 11.5 Å². The Morgan fingerprint density at radius 2 is 1.77 bits per heavy atom. The number of rotatable bonds is 4. The fourth-order valence-electron chi connectivity index (χ4n) is 3.15. The number of hydrogen-bond donors (Lipinski definition) is 2. The highest BCUT2D eigenvalue weighted by Crippen LogP contribution is 2.22. The quantitative estimate of drug-likeness (QED) is 0.856. The summed E-state index contributed by atoms with van der Waals surface area (Å²) in [5.74, 6) is -0.524. The normalized spacial score (nSPS) is 21.3. The van der Waals surface area contributed by atoms with E-state index in [2.05, 4.69) is 5.32 Å². The molecule has 0 spiro atoms. The summed E-state index contributed by atoms with van der Waals surface area (Å²) in [6.45, 7) is 0. The van der Waals surface area contributed by atoms with Gasteiger partial charge >= 0.3 is 6.03 Å². The minimum absolute atomic E-state index is 0.219. The molecular formula is C19H22N2O4S. The zero-order valence-corrected chi connectivity index (χ0v) is 15.3. The van der Waals surface area contributed by atoms with E-state index in [9.17, 15) is 18.3 Å². The Balaban J connectivity index is 1.73. The van der Waals surface area contributed by atoms with Gasteiger partial charge in [0.05, 0.1) is 23.7 Å². The third-order valence-electron chi connectivity index (χ3n) is 4.61. The minimum atomic E-state index is -3.32. The van der Waals surface area contributed by atoms with E-state index in [4.69, 9.17) is 0 Å². The lowest BCUT2D eigenvalue weighted by Gasteiger charge is -2.26. The highest BCUT2D eigenvalue weighted by Gasteiger charge is 2.40. The summed E-state index contributed by atoms with van der Waals surface area (Å²) in [4.78, 5) is 13.8. The van der Waals surface area contributed by atoms with Gasteiger partial charge in [-0.05, 0) is 23.6 Å². The van der Waals surface area contributed by atoms with E-state index in [1.165, 1.54) is 11.9 Å². The summed E-state index contributed by atoms with van der Waals surface area (Å²) >= 11 is 0. The molecule has 138 valence electrons. The fourth-order valence-corrected chi connectivity index (χ4v) is 4.99. The number of carbonyl (C=O) groups excluding carboxylic acids is 1. The van der Waals surface area contributed by atoms with Gasteiger partial charge in [-0.1, -0.05) is 48.5 Å². The summed E-state index contributed by atoms with van der Waals surface area (Å²) in [5, 5.41) is 12.8. The minimum Gasteiger partial charge on any atom is -0.390 e. The highest BCUT2D eigenvalue weighted by atomic mass is 32.2. The first-order valence-corrected chi connectivity index (χ1v) is 10.2. The predicted molar refractivity (Wildman–Crippen MR) is 101 cm³/mol. The molecule has 1 saturated heterocycles. The van der Waals surface area contributed by atoms with Crippen molar-refractivity contribution in [3.63, 3.8) is 0 Å². The zero-order valence-electron chi connectivity index (χ0n) is 14.5. The lowest BCUT2D eigenvalue weighted by molar-refractivity contribution is 0.115. The number of benzene rings is 2. The van der Waals surface area contributed by atoms with E-state index < -0.39 is 28.0 Å². The third kappa shape index (κ3) is 4.23. The molecule has 0 radical (unpaired) electrons. The summed E-state index contributed by atoms with van der Waals surface area (Å²) in [5.41, 5.74) is 2.75. The first kappa shape index (κ1) is 18.4. The Morgan fingerprint density at radius 1 is 1.12 bits per heavy atom. The fraction of sp³-hybridized carbons (Fsp3) is 0.316. The second-order valence-corrected chi connectivity index (χ2v) is 8.73. The van der Waals surface area contributed by atoms with Crippen LogP contribution >= 0.6 is 0 Å². The van der Waals surface area contributed by atoms with Crippen LogP contribution in [0.3, 0.4) is 0 Å². The second-order valence-electron chi connectivity index (χ2n) is 6.57. The van der Waals surface area contributed by atoms with Gasteiger partial charge in [-0.15, -0.1) is 0 Å². The van der Waals surface area contributed by atoms with Crippen LogP contribution in [0, 0.1) is 0 Å². The molecule has 7 heteroatoms. The maximum atomic E-state index is 12.6. The van der Waals surface area contributed by atoms with Crippen LogP contribution in [0.4, 0.5) is 10.5 Å². The average Bonchev–Trinajstić information content (AvgIpc) is 2.89. The van der Waals surface area contributed by atoms with E-state index in [0.29, 0.717) is 12.1 Å². The number of urea groups is 1. The van der Waals surface area contributed by atoms with Gasteiger partial charge < -0.3 is 15.3 Å². The van der Waals surface area contributed by atoms with Crippen LogP contribution in [0.1, 0.15) is 11.1 Å². The Bertz CT molecular complexity index is 883. The van der Waals surface area contributed by atoms with Crippen molar-refractivity contribution in [2.24, 2.45) is 0 Å². The monoisotopic (exact) mass is 374 g/mol. The molecule has 0 bridgehead atoms. The van der Waals surface area contributed by atoms with Crippen LogP contribution in [0.5, 0.6) is 0 Å². The molecule has 0 aliphatic carbocycles. The van der Waals surface area contributed by atoms with Crippen LogP contribution < -0.4 is 5.32 Å². The summed E-state index contributed by atoms with van der Waals surface area (Å²) < 4.78 is 23.4. The van der Waals surface area contributed by atoms with Crippen molar-refractivity contribution in [3.05, 3.63) is 65.7 Å². The van der Waals surface area contributed by atoms with Crippen molar-refractivity contribution < 1.29 is 18.3 Å². The maximum absolute atomic E-state index is 12.6. The zero-order chi connectivity index (χ0) is 18.7. The van der Waals surface area contributed by atoms with Gasteiger partial charge in [0.2, 0.25) is 0 Å². The number of anilines is 1. The van der Waals surface area contributed by atoms with Crippen molar-refractivity contribution in [2.75, 3.05) is 23.9 Å². The van der Waals surface area contributed by atoms with Crippen LogP contribution in [0.15, 0.2) is 54.6 Å². The van der Waals surface area contributed by atoms with Gasteiger partial charge in [0.15, 0.2) is 9.84 Å². The number of nitrogens with one attached hydrogen (secondary N) is 1. The van der Waals surface area contributed by atoms with Gasteiger partial charge in [0, 0.05) is 12.7 Å². The smallest absolute Gasteiger partial charge is 0.321 e. The topological polar surface area (TPSA) is 86.7 Å². The summed E-state index contributed by atoms with van der Waals surface area (Å²) in [6.07, 6.45) is -0.392. The Labute approximate surface area is 153 Å². The number of likely N-dealkylation sites (N-methyl/N-ethyl adjacent to an activating group) is 1. The van der Waals surface area contributed by atoms with Crippen molar-refractivity contribution in [2.45, 2.75) is 18.6 Å². The molecule has 2 aromatic carbocycles. The molecule has 1 aliphatic rings. The number of nitrogens with zero attached hydrogens (tertiary/aromatic N) is 1. The molecule has 2 N–H and O–H groups in total. The number of aliphatic hydroxyl groups is 1. The number of hydrogen-bond acceptors (Lipinski definition) is 4. The molecule has 0 unspecified atom stereocenters. The van der Waals surface area contributed by atoms with Crippen LogP contribution in [0.25, 0.3) is 0 Å². The Hall–Kier alpha value is -2.38. The number of sulfone groups is 1. The predicted octanol–water partition coefficient (Wildman–Crippen LogP) is 1.90. The van der Waals surface area contributed by atoms with Crippen molar-refractivity contribution >= 4 is 21.6 Å². The largest absolute Gasteiger partial charge is 0.390 e. The van der Waals surface area contributed by atoms with Crippen molar-refractivity contribution in [1.29, 1.82) is 0 Å². The number of carbonyl (C=O) groups is 1. The van der Waals surface area contributed by atoms with Gasteiger partial charge in [-0.2, -0.15) is 0 Å². The molecule has 2 amide bonds. The molecule has 1 fully saturated rings. The van der Waals surface area contributed by atoms with Gasteiger partial charge in [-0.25, -0.2) is 13.2 Å². The first-order valence-electron chi connectivity index (χ1n) is 8.40. The number of para-hydroxylation sites is 1. The number of amides is 2.